The Morgan fingerprint density at radius 3 is 2.92 bits per heavy atom. The molecule has 0 aromatic carbocycles. The first-order valence-electron chi connectivity index (χ1n) is 8.51. The number of carbonyl (C=O) groups excluding carboxylic acids is 1. The summed E-state index contributed by atoms with van der Waals surface area (Å²) in [5, 5.41) is 2.94. The number of pyridine rings is 2. The van der Waals surface area contributed by atoms with E-state index in [1.807, 2.05) is 4.90 Å². The summed E-state index contributed by atoms with van der Waals surface area (Å²) in [4.78, 5) is 33.0. The Kier molecular flexibility index (Phi) is 3.99. The number of halogens is 1. The summed E-state index contributed by atoms with van der Waals surface area (Å²) in [5.74, 6) is 0.0560. The smallest absolute Gasteiger partial charge is 0.251 e. The molecule has 7 heteroatoms. The zero-order valence-electron chi connectivity index (χ0n) is 13.7. The highest BCUT2D eigenvalue weighted by atomic mass is 19.1. The zero-order chi connectivity index (χ0) is 17.4. The van der Waals surface area contributed by atoms with Gasteiger partial charge >= 0.3 is 0 Å². The molecule has 130 valence electrons. The lowest BCUT2D eigenvalue weighted by atomic mass is 10.1. The van der Waals surface area contributed by atoms with Crippen LogP contribution < -0.4 is 15.8 Å². The molecule has 4 rings (SSSR count). The maximum atomic E-state index is 13.8. The molecule has 2 N–H and O–H groups in total. The lowest BCUT2D eigenvalue weighted by Gasteiger charge is -2.18. The van der Waals surface area contributed by atoms with Gasteiger partial charge in [-0.05, 0) is 43.4 Å². The minimum Gasteiger partial charge on any atom is -0.352 e. The number of amides is 1. The molecule has 1 saturated heterocycles. The Hall–Kier alpha value is -2.70. The third kappa shape index (κ3) is 3.40. The highest BCUT2D eigenvalue weighted by molar-refractivity contribution is 5.94. The summed E-state index contributed by atoms with van der Waals surface area (Å²) < 4.78 is 13.8. The topological polar surface area (TPSA) is 78.1 Å². The van der Waals surface area contributed by atoms with Gasteiger partial charge in [0.15, 0.2) is 11.6 Å². The van der Waals surface area contributed by atoms with Crippen molar-refractivity contribution in [2.24, 2.45) is 0 Å². The molecular formula is C18H19FN4O2. The minimum atomic E-state index is -0.363. The van der Waals surface area contributed by atoms with Crippen LogP contribution in [-0.2, 0) is 0 Å². The van der Waals surface area contributed by atoms with Gasteiger partial charge in [0.25, 0.3) is 5.91 Å². The second-order valence-corrected chi connectivity index (χ2v) is 6.68. The molecule has 1 atom stereocenters. The minimum absolute atomic E-state index is 0.0995. The van der Waals surface area contributed by atoms with Crippen LogP contribution in [0, 0.1) is 5.82 Å². The highest BCUT2D eigenvalue weighted by Gasteiger charge is 2.28. The van der Waals surface area contributed by atoms with Gasteiger partial charge in [-0.2, -0.15) is 0 Å². The van der Waals surface area contributed by atoms with Crippen molar-refractivity contribution in [2.75, 3.05) is 18.0 Å². The van der Waals surface area contributed by atoms with Crippen molar-refractivity contribution < 1.29 is 9.18 Å². The van der Waals surface area contributed by atoms with Crippen LogP contribution in [0.1, 0.15) is 41.2 Å². The first-order chi connectivity index (χ1) is 12.1. The monoisotopic (exact) mass is 342 g/mol. The number of nitrogens with zero attached hydrogens (tertiary/aromatic N) is 2. The van der Waals surface area contributed by atoms with Crippen LogP contribution in [0.25, 0.3) is 0 Å². The van der Waals surface area contributed by atoms with Gasteiger partial charge in [-0.3, -0.25) is 9.59 Å². The molecule has 0 spiro atoms. The molecule has 2 aromatic heterocycles. The second kappa shape index (κ2) is 6.31. The summed E-state index contributed by atoms with van der Waals surface area (Å²) in [6.07, 6.45) is 4.36. The van der Waals surface area contributed by atoms with Gasteiger partial charge in [0, 0.05) is 42.7 Å². The average molecular weight is 342 g/mol. The Morgan fingerprint density at radius 2 is 2.16 bits per heavy atom. The predicted octanol–water partition coefficient (Wildman–Crippen LogP) is 1.80. The van der Waals surface area contributed by atoms with Crippen LogP contribution >= 0.6 is 0 Å². The van der Waals surface area contributed by atoms with Crippen molar-refractivity contribution in [1.29, 1.82) is 0 Å². The SMILES string of the molecule is O=C(NC1CCN(c2ncccc2F)C1)c1cc(C2CC2)[nH]c(=O)c1. The number of H-pyrrole nitrogens is 1. The van der Waals surface area contributed by atoms with Crippen molar-refractivity contribution >= 4 is 11.7 Å². The van der Waals surface area contributed by atoms with Crippen molar-refractivity contribution in [3.63, 3.8) is 0 Å². The molecule has 1 aliphatic heterocycles. The van der Waals surface area contributed by atoms with Crippen molar-refractivity contribution in [3.8, 4) is 0 Å². The fraction of sp³-hybridized carbons (Fsp3) is 0.389. The van der Waals surface area contributed by atoms with Gasteiger partial charge in [0.05, 0.1) is 0 Å². The largest absolute Gasteiger partial charge is 0.352 e. The van der Waals surface area contributed by atoms with Gasteiger partial charge in [0.1, 0.15) is 0 Å². The second-order valence-electron chi connectivity index (χ2n) is 6.68. The molecule has 2 aromatic rings. The van der Waals surface area contributed by atoms with E-state index in [0.29, 0.717) is 36.8 Å². The van der Waals surface area contributed by atoms with Gasteiger partial charge in [-0.25, -0.2) is 9.37 Å². The summed E-state index contributed by atoms with van der Waals surface area (Å²) >= 11 is 0. The van der Waals surface area contributed by atoms with Crippen LogP contribution in [0.5, 0.6) is 0 Å². The molecular weight excluding hydrogens is 323 g/mol. The fourth-order valence-corrected chi connectivity index (χ4v) is 3.26. The van der Waals surface area contributed by atoms with E-state index in [0.717, 1.165) is 18.5 Å². The molecule has 2 fully saturated rings. The Labute approximate surface area is 144 Å². The number of rotatable bonds is 4. The molecule has 6 nitrogen and oxygen atoms in total. The average Bonchev–Trinajstić information content (AvgIpc) is 3.35. The molecule has 3 heterocycles. The van der Waals surface area contributed by atoms with Gasteiger partial charge in [0.2, 0.25) is 5.56 Å². The van der Waals surface area contributed by atoms with Crippen LogP contribution in [0.3, 0.4) is 0 Å². The van der Waals surface area contributed by atoms with Gasteiger partial charge in [-0.15, -0.1) is 0 Å². The van der Waals surface area contributed by atoms with E-state index < -0.39 is 0 Å². The maximum Gasteiger partial charge on any atom is 0.251 e. The van der Waals surface area contributed by atoms with Crippen molar-refractivity contribution in [3.05, 3.63) is 57.9 Å². The van der Waals surface area contributed by atoms with Crippen LogP contribution in [0.15, 0.2) is 35.3 Å². The fourth-order valence-electron chi connectivity index (χ4n) is 3.26. The van der Waals surface area contributed by atoms with E-state index in [-0.39, 0.29) is 23.3 Å². The Morgan fingerprint density at radius 1 is 1.32 bits per heavy atom. The molecule has 2 aliphatic rings. The number of carbonyl (C=O) groups is 1. The van der Waals surface area contributed by atoms with Crippen molar-refractivity contribution in [2.45, 2.75) is 31.2 Å². The van der Waals surface area contributed by atoms with Crippen molar-refractivity contribution in [1.82, 2.24) is 15.3 Å². The Bertz CT molecular complexity index is 862. The third-order valence-corrected chi connectivity index (χ3v) is 4.71. The van der Waals surface area contributed by atoms with E-state index >= 15 is 0 Å². The number of hydrogen-bond acceptors (Lipinski definition) is 4. The Balaban J connectivity index is 1.44. The van der Waals surface area contributed by atoms with E-state index in [2.05, 4.69) is 15.3 Å². The zero-order valence-corrected chi connectivity index (χ0v) is 13.7. The number of aromatic amines is 1. The quantitative estimate of drug-likeness (QED) is 0.888. The van der Waals surface area contributed by atoms with E-state index in [1.165, 1.54) is 12.1 Å². The predicted molar refractivity (Wildman–Crippen MR) is 91.3 cm³/mol. The van der Waals surface area contributed by atoms with E-state index in [1.54, 1.807) is 18.3 Å². The lowest BCUT2D eigenvalue weighted by Crippen LogP contribution is -2.37. The van der Waals surface area contributed by atoms with Crippen LogP contribution in [-0.4, -0.2) is 35.0 Å². The number of anilines is 1. The highest BCUT2D eigenvalue weighted by Crippen LogP contribution is 2.38. The summed E-state index contributed by atoms with van der Waals surface area (Å²) in [6.45, 7) is 1.12. The van der Waals surface area contributed by atoms with Gasteiger partial charge in [-0.1, -0.05) is 0 Å². The summed E-state index contributed by atoms with van der Waals surface area (Å²) in [6, 6.07) is 5.92. The standard InChI is InChI=1S/C18H19FN4O2/c19-14-2-1-6-20-17(14)23-7-5-13(10-23)21-18(25)12-8-15(11-3-4-11)22-16(24)9-12/h1-2,6,8-9,11,13H,3-5,7,10H2,(H,21,25)(H,22,24). The molecule has 1 amide bonds. The molecule has 0 radical (unpaired) electrons. The van der Waals surface area contributed by atoms with Crippen LogP contribution in [0.2, 0.25) is 0 Å². The number of nitrogens with one attached hydrogen (secondary N) is 2. The lowest BCUT2D eigenvalue weighted by molar-refractivity contribution is 0.0940. The number of hydrogen-bond donors (Lipinski definition) is 2. The molecule has 25 heavy (non-hydrogen) atoms. The maximum absolute atomic E-state index is 13.8. The third-order valence-electron chi connectivity index (χ3n) is 4.71. The van der Waals surface area contributed by atoms with E-state index in [4.69, 9.17) is 0 Å². The van der Waals surface area contributed by atoms with Crippen LogP contribution in [0.4, 0.5) is 10.2 Å². The molecule has 1 aliphatic carbocycles. The molecule has 1 saturated carbocycles. The first kappa shape index (κ1) is 15.8. The normalized spacial score (nSPS) is 19.9. The molecule has 1 unspecified atom stereocenters. The van der Waals surface area contributed by atoms with Gasteiger partial charge < -0.3 is 15.2 Å². The first-order valence-corrected chi connectivity index (χ1v) is 8.51. The molecule has 0 bridgehead atoms. The summed E-state index contributed by atoms with van der Waals surface area (Å²) in [7, 11) is 0. The summed E-state index contributed by atoms with van der Waals surface area (Å²) in [5.41, 5.74) is 0.965. The number of aromatic nitrogens is 2. The van der Waals surface area contributed by atoms with E-state index in [9.17, 15) is 14.0 Å².